The van der Waals surface area contributed by atoms with Crippen LogP contribution in [0.3, 0.4) is 0 Å². The van der Waals surface area contributed by atoms with E-state index in [9.17, 15) is 18.3 Å². The molecule has 1 N–H and O–H groups in total. The van der Waals surface area contributed by atoms with Gasteiger partial charge in [0.2, 0.25) is 10.0 Å². The molecule has 5 nitrogen and oxygen atoms in total. The fourth-order valence-corrected chi connectivity index (χ4v) is 4.55. The summed E-state index contributed by atoms with van der Waals surface area (Å²) in [4.78, 5) is 11.4. The Hall–Kier alpha value is -1.11. The Bertz CT molecular complexity index is 629. The van der Waals surface area contributed by atoms with E-state index in [2.05, 4.69) is 0 Å². The van der Waals surface area contributed by atoms with Gasteiger partial charge in [0.25, 0.3) is 0 Å². The molecule has 7 heteroatoms. The molecule has 1 aliphatic heterocycles. The van der Waals surface area contributed by atoms with E-state index in [-0.39, 0.29) is 11.4 Å². The largest absolute Gasteiger partial charge is 0.480 e. The summed E-state index contributed by atoms with van der Waals surface area (Å²) in [5.41, 5.74) is 0.521. The molecule has 0 saturated carbocycles. The van der Waals surface area contributed by atoms with E-state index >= 15 is 0 Å². The van der Waals surface area contributed by atoms with E-state index in [1.54, 1.807) is 13.0 Å². The van der Waals surface area contributed by atoms with Gasteiger partial charge in [0, 0.05) is 11.6 Å². The number of piperidine rings is 1. The van der Waals surface area contributed by atoms with Gasteiger partial charge in [-0.05, 0) is 49.9 Å². The zero-order valence-electron chi connectivity index (χ0n) is 11.0. The van der Waals surface area contributed by atoms with Gasteiger partial charge in [0.1, 0.15) is 6.04 Å². The van der Waals surface area contributed by atoms with Gasteiger partial charge in [-0.25, -0.2) is 8.42 Å². The number of hydrogen-bond donors (Lipinski definition) is 1. The maximum atomic E-state index is 12.7. The van der Waals surface area contributed by atoms with Crippen molar-refractivity contribution in [3.8, 4) is 0 Å². The number of aryl methyl sites for hydroxylation is 1. The van der Waals surface area contributed by atoms with Crippen molar-refractivity contribution in [3.63, 3.8) is 0 Å². The Balaban J connectivity index is 2.45. The first-order valence-corrected chi connectivity index (χ1v) is 8.16. The molecule has 0 spiro atoms. The van der Waals surface area contributed by atoms with Gasteiger partial charge >= 0.3 is 5.97 Å². The van der Waals surface area contributed by atoms with Crippen molar-refractivity contribution in [2.75, 3.05) is 6.54 Å². The lowest BCUT2D eigenvalue weighted by molar-refractivity contribution is -0.142. The first-order valence-electron chi connectivity index (χ1n) is 6.35. The molecule has 1 aromatic carbocycles. The number of carboxylic acid groups (broad SMARTS) is 1. The second kappa shape index (κ2) is 5.71. The molecule has 1 saturated heterocycles. The SMILES string of the molecule is Cc1cc(Cl)ccc1S(=O)(=O)N1CCCC[C@@H]1C(=O)O. The van der Waals surface area contributed by atoms with Crippen molar-refractivity contribution < 1.29 is 18.3 Å². The highest BCUT2D eigenvalue weighted by molar-refractivity contribution is 7.89. The van der Waals surface area contributed by atoms with Crippen molar-refractivity contribution in [2.45, 2.75) is 37.1 Å². The number of hydrogen-bond acceptors (Lipinski definition) is 3. The maximum absolute atomic E-state index is 12.7. The number of carboxylic acids is 1. The van der Waals surface area contributed by atoms with E-state index in [4.69, 9.17) is 11.6 Å². The summed E-state index contributed by atoms with van der Waals surface area (Å²) in [6, 6.07) is 3.51. The van der Waals surface area contributed by atoms with Crippen LogP contribution in [0.15, 0.2) is 23.1 Å². The van der Waals surface area contributed by atoms with E-state index < -0.39 is 22.0 Å². The molecular weight excluding hydrogens is 302 g/mol. The molecule has 0 aliphatic carbocycles. The monoisotopic (exact) mass is 317 g/mol. The molecule has 20 heavy (non-hydrogen) atoms. The van der Waals surface area contributed by atoms with Crippen LogP contribution >= 0.6 is 11.6 Å². The van der Waals surface area contributed by atoms with Crippen LogP contribution in [0.25, 0.3) is 0 Å². The minimum atomic E-state index is -3.81. The summed E-state index contributed by atoms with van der Waals surface area (Å²) in [6.07, 6.45) is 1.75. The second-order valence-corrected chi connectivity index (χ2v) is 7.17. The highest BCUT2D eigenvalue weighted by Crippen LogP contribution is 2.28. The van der Waals surface area contributed by atoms with Crippen molar-refractivity contribution in [1.29, 1.82) is 0 Å². The highest BCUT2D eigenvalue weighted by atomic mass is 35.5. The number of rotatable bonds is 3. The molecule has 0 unspecified atom stereocenters. The molecule has 0 aromatic heterocycles. The lowest BCUT2D eigenvalue weighted by Gasteiger charge is -2.32. The molecule has 0 radical (unpaired) electrons. The lowest BCUT2D eigenvalue weighted by Crippen LogP contribution is -2.47. The molecule has 0 amide bonds. The smallest absolute Gasteiger partial charge is 0.322 e. The minimum absolute atomic E-state index is 0.120. The van der Waals surface area contributed by atoms with Crippen LogP contribution in [-0.4, -0.2) is 36.4 Å². The van der Waals surface area contributed by atoms with Gasteiger partial charge in [-0.1, -0.05) is 11.6 Å². The molecule has 0 bridgehead atoms. The van der Waals surface area contributed by atoms with Crippen LogP contribution in [0.1, 0.15) is 24.8 Å². The third-order valence-electron chi connectivity index (χ3n) is 3.46. The summed E-state index contributed by atoms with van der Waals surface area (Å²) >= 11 is 5.83. The average molecular weight is 318 g/mol. The standard InChI is InChI=1S/C13H16ClNO4S/c1-9-8-10(14)5-6-12(9)20(18,19)15-7-3-2-4-11(15)13(16)17/h5-6,8,11H,2-4,7H2,1H3,(H,16,17)/t11-/m1/s1. The molecule has 2 rings (SSSR count). The van der Waals surface area contributed by atoms with E-state index in [1.165, 1.54) is 12.1 Å². The Labute approximate surface area is 123 Å². The third-order valence-corrected chi connectivity index (χ3v) is 5.77. The van der Waals surface area contributed by atoms with Crippen molar-refractivity contribution in [3.05, 3.63) is 28.8 Å². The van der Waals surface area contributed by atoms with Crippen LogP contribution in [-0.2, 0) is 14.8 Å². The summed E-state index contributed by atoms with van der Waals surface area (Å²) < 4.78 is 26.4. The molecule has 1 aliphatic rings. The van der Waals surface area contributed by atoms with Gasteiger partial charge < -0.3 is 5.11 Å². The summed E-state index contributed by atoms with van der Waals surface area (Å²) in [7, 11) is -3.81. The zero-order valence-corrected chi connectivity index (χ0v) is 12.6. The molecule has 1 atom stereocenters. The minimum Gasteiger partial charge on any atom is -0.480 e. The van der Waals surface area contributed by atoms with Gasteiger partial charge in [-0.3, -0.25) is 4.79 Å². The Morgan fingerprint density at radius 3 is 2.70 bits per heavy atom. The van der Waals surface area contributed by atoms with Gasteiger partial charge in [-0.2, -0.15) is 4.31 Å². The van der Waals surface area contributed by atoms with Gasteiger partial charge in [0.15, 0.2) is 0 Å². The first kappa shape index (κ1) is 15.3. The zero-order chi connectivity index (χ0) is 14.9. The van der Waals surface area contributed by atoms with Gasteiger partial charge in [0.05, 0.1) is 4.90 Å². The number of aliphatic carboxylic acids is 1. The molecule has 1 heterocycles. The molecular formula is C13H16ClNO4S. The van der Waals surface area contributed by atoms with Crippen molar-refractivity contribution >= 4 is 27.6 Å². The predicted molar refractivity (Wildman–Crippen MR) is 75.4 cm³/mol. The highest BCUT2D eigenvalue weighted by Gasteiger charge is 2.38. The van der Waals surface area contributed by atoms with E-state index in [1.807, 2.05) is 0 Å². The number of halogens is 1. The number of sulfonamides is 1. The molecule has 1 fully saturated rings. The van der Waals surface area contributed by atoms with Crippen molar-refractivity contribution in [1.82, 2.24) is 4.31 Å². The van der Waals surface area contributed by atoms with Crippen LogP contribution < -0.4 is 0 Å². The van der Waals surface area contributed by atoms with Crippen LogP contribution in [0.5, 0.6) is 0 Å². The fourth-order valence-electron chi connectivity index (χ4n) is 2.47. The fraction of sp³-hybridized carbons (Fsp3) is 0.462. The Morgan fingerprint density at radius 2 is 2.10 bits per heavy atom. The molecule has 110 valence electrons. The second-order valence-electron chi connectivity index (χ2n) is 4.88. The maximum Gasteiger partial charge on any atom is 0.322 e. The van der Waals surface area contributed by atoms with E-state index in [0.717, 1.165) is 10.7 Å². The predicted octanol–water partition coefficient (Wildman–Crippen LogP) is 2.28. The summed E-state index contributed by atoms with van der Waals surface area (Å²) in [5, 5.41) is 9.66. The number of nitrogens with zero attached hydrogens (tertiary/aromatic N) is 1. The normalized spacial score (nSPS) is 20.8. The summed E-state index contributed by atoms with van der Waals surface area (Å²) in [5.74, 6) is -1.10. The quantitative estimate of drug-likeness (QED) is 0.928. The van der Waals surface area contributed by atoms with Crippen LogP contribution in [0.4, 0.5) is 0 Å². The Kier molecular flexibility index (Phi) is 4.36. The first-order chi connectivity index (χ1) is 9.34. The van der Waals surface area contributed by atoms with Crippen LogP contribution in [0, 0.1) is 6.92 Å². The number of carbonyl (C=O) groups is 1. The van der Waals surface area contributed by atoms with E-state index in [0.29, 0.717) is 23.4 Å². The summed E-state index contributed by atoms with van der Waals surface area (Å²) in [6.45, 7) is 1.89. The Morgan fingerprint density at radius 1 is 1.40 bits per heavy atom. The lowest BCUT2D eigenvalue weighted by atomic mass is 10.1. The van der Waals surface area contributed by atoms with Crippen LogP contribution in [0.2, 0.25) is 5.02 Å². The van der Waals surface area contributed by atoms with Crippen molar-refractivity contribution in [2.24, 2.45) is 0 Å². The topological polar surface area (TPSA) is 74.7 Å². The van der Waals surface area contributed by atoms with Gasteiger partial charge in [-0.15, -0.1) is 0 Å². The number of benzene rings is 1. The average Bonchev–Trinajstić information content (AvgIpc) is 2.38. The third kappa shape index (κ3) is 2.82. The molecule has 1 aromatic rings.